The van der Waals surface area contributed by atoms with Crippen LogP contribution >= 0.6 is 0 Å². The Morgan fingerprint density at radius 3 is 1.24 bits per heavy atom. The number of aliphatic hydroxyl groups excluding tert-OH is 2. The van der Waals surface area contributed by atoms with Crippen LogP contribution in [-0.2, 0) is 81.7 Å². The maximum absolute atomic E-state index is 14.3. The topological polar surface area (TPSA) is 573 Å². The van der Waals surface area contributed by atoms with Crippen molar-refractivity contribution >= 4 is 102 Å². The van der Waals surface area contributed by atoms with Crippen LogP contribution in [0.15, 0.2) is 0 Å². The molecule has 0 fully saturated rings. The van der Waals surface area contributed by atoms with Gasteiger partial charge in [-0.2, -0.15) is 0 Å². The van der Waals surface area contributed by atoms with Crippen LogP contribution in [0.1, 0.15) is 132 Å². The van der Waals surface area contributed by atoms with Crippen molar-refractivity contribution < 1.29 is 124 Å². The number of amides is 3. The van der Waals surface area contributed by atoms with Gasteiger partial charge in [-0.25, -0.2) is 0 Å². The van der Waals surface area contributed by atoms with E-state index in [4.69, 9.17) is 0 Å². The second-order valence-corrected chi connectivity index (χ2v) is 27.0. The van der Waals surface area contributed by atoms with Gasteiger partial charge in [0.1, 0.15) is 6.04 Å². The first kappa shape index (κ1) is 89.0. The van der Waals surface area contributed by atoms with Gasteiger partial charge in [0, 0.05) is 140 Å². The Hall–Kier alpha value is -10.6. The monoisotopic (exact) mass is 1540 g/mol. The van der Waals surface area contributed by atoms with Crippen molar-refractivity contribution in [3.8, 4) is 0 Å². The van der Waals surface area contributed by atoms with Crippen molar-refractivity contribution in [2.45, 2.75) is 118 Å². The molecule has 38 heteroatoms. The first-order valence-corrected chi connectivity index (χ1v) is 35.3. The summed E-state index contributed by atoms with van der Waals surface area (Å²) in [5, 5.41) is 129. The van der Waals surface area contributed by atoms with Gasteiger partial charge in [0.05, 0.1) is 77.7 Å². The molecule has 4 aromatic rings. The van der Waals surface area contributed by atoms with Crippen molar-refractivity contribution in [3.63, 3.8) is 0 Å². The van der Waals surface area contributed by atoms with E-state index in [1.807, 2.05) is 52.0 Å². The summed E-state index contributed by atoms with van der Waals surface area (Å²) in [5.74, 6) is -15.7. The van der Waals surface area contributed by atoms with Crippen LogP contribution in [0.25, 0.3) is 24.3 Å². The maximum Gasteiger partial charge on any atom is 0.317 e. The highest BCUT2D eigenvalue weighted by Crippen LogP contribution is 2.31. The van der Waals surface area contributed by atoms with Crippen molar-refractivity contribution in [2.24, 2.45) is 0 Å². The molecule has 600 valence electrons. The van der Waals surface area contributed by atoms with Crippen LogP contribution in [0.2, 0.25) is 0 Å². The quantitative estimate of drug-likeness (QED) is 0.0166. The van der Waals surface area contributed by atoms with Crippen molar-refractivity contribution in [2.75, 3.05) is 131 Å². The Kier molecular flexibility index (Phi) is 35.0. The Balaban J connectivity index is 1.45. The van der Waals surface area contributed by atoms with E-state index in [2.05, 4.69) is 35.5 Å². The molecule has 8 bridgehead atoms. The van der Waals surface area contributed by atoms with Crippen LogP contribution in [-0.4, -0.2) is 325 Å². The molecule has 3 unspecified atom stereocenters. The molecular weight excluding hydrogens is 1430 g/mol. The SMILES string of the molecule is Cc1c2[nH]c(c1CCC(=O)O)C=c1[nH]c(c(C)c1CCC(=O)O)=Cc1c(C)c(C(C)O)c(n1CCCCCCNC(=O)C(CNC(=O)CN(CCN(CCN(CC(=O)O)CC(=O)O)CC(=O)O)CC(=O)O)NC(=O)CN(CCN(CCN(CC(=O)O)CC(=O)O)CC(=O)O)CC(=O)O)C=c1[nH]c(c(C(C)O)c1C)=C2. The number of nitrogens with one attached hydrogen (secondary N) is 6. The number of hydrogen-bond acceptors (Lipinski definition) is 21. The molecule has 4 aromatic heterocycles. The molecule has 109 heavy (non-hydrogen) atoms. The van der Waals surface area contributed by atoms with Gasteiger partial charge in [0.25, 0.3) is 0 Å². The Morgan fingerprint density at radius 1 is 0.385 bits per heavy atom. The van der Waals surface area contributed by atoms with Gasteiger partial charge in [0.2, 0.25) is 17.7 Å². The predicted molar refractivity (Wildman–Crippen MR) is 388 cm³/mol. The zero-order valence-electron chi connectivity index (χ0n) is 61.9. The summed E-state index contributed by atoms with van der Waals surface area (Å²) in [7, 11) is 0. The second kappa shape index (κ2) is 42.8. The summed E-state index contributed by atoms with van der Waals surface area (Å²) >= 11 is 0. The maximum atomic E-state index is 14.3. The predicted octanol–water partition coefficient (Wildman–Crippen LogP) is -3.76. The van der Waals surface area contributed by atoms with Crippen LogP contribution in [0.3, 0.4) is 0 Å². The minimum Gasteiger partial charge on any atom is -0.481 e. The first-order chi connectivity index (χ1) is 51.3. The number of aliphatic carboxylic acids is 10. The van der Waals surface area contributed by atoms with E-state index in [0.29, 0.717) is 98.7 Å². The third-order valence-corrected chi connectivity index (χ3v) is 18.4. The molecule has 38 nitrogen and oxygen atoms in total. The number of aromatic amines is 3. The number of nitrogens with zero attached hydrogens (tertiary/aromatic N) is 7. The average molecular weight is 1540 g/mol. The van der Waals surface area contributed by atoms with Crippen molar-refractivity contribution in [3.05, 3.63) is 88.7 Å². The van der Waals surface area contributed by atoms with Crippen LogP contribution < -0.4 is 37.3 Å². The Labute approximate surface area is 625 Å². The van der Waals surface area contributed by atoms with E-state index in [9.17, 15) is 124 Å². The lowest BCUT2D eigenvalue weighted by Crippen LogP contribution is -2.55. The molecule has 5 rings (SSSR count). The van der Waals surface area contributed by atoms with Crippen LogP contribution in [0.5, 0.6) is 0 Å². The molecule has 0 saturated carbocycles. The molecular formula is C71H101N13O25. The lowest BCUT2D eigenvalue weighted by atomic mass is 10.0. The van der Waals surface area contributed by atoms with Crippen LogP contribution in [0, 0.1) is 27.7 Å². The van der Waals surface area contributed by atoms with Gasteiger partial charge in [-0.15, -0.1) is 0 Å². The highest BCUT2D eigenvalue weighted by molar-refractivity contribution is 5.89. The molecule has 5 heterocycles. The fraction of sp³-hybridized carbons (Fsp3) is 0.535. The largest absolute Gasteiger partial charge is 0.481 e. The number of unbranched alkanes of at least 4 members (excludes halogenated alkanes) is 3. The fourth-order valence-electron chi connectivity index (χ4n) is 13.2. The molecule has 0 spiro atoms. The summed E-state index contributed by atoms with van der Waals surface area (Å²) < 4.78 is 2.07. The van der Waals surface area contributed by atoms with E-state index in [-0.39, 0.29) is 84.6 Å². The van der Waals surface area contributed by atoms with E-state index < -0.39 is 168 Å². The zero-order valence-corrected chi connectivity index (χ0v) is 61.9. The van der Waals surface area contributed by atoms with Gasteiger partial charge < -0.3 is 96.7 Å². The van der Waals surface area contributed by atoms with E-state index in [1.54, 1.807) is 13.8 Å². The summed E-state index contributed by atoms with van der Waals surface area (Å²) in [6.07, 6.45) is 7.37. The van der Waals surface area contributed by atoms with E-state index in [1.165, 1.54) is 9.80 Å². The molecule has 1 aliphatic heterocycles. The number of aliphatic hydroxyl groups is 2. The fourth-order valence-corrected chi connectivity index (χ4v) is 13.2. The van der Waals surface area contributed by atoms with Crippen molar-refractivity contribution in [1.82, 2.24) is 64.9 Å². The summed E-state index contributed by atoms with van der Waals surface area (Å²) in [6, 6.07) is -1.61. The molecule has 0 aromatic carbocycles. The number of fused-ring (bicyclic) bond motifs is 8. The number of carboxylic acids is 10. The number of carbonyl (C=O) groups is 13. The first-order valence-electron chi connectivity index (χ1n) is 35.3. The van der Waals surface area contributed by atoms with E-state index in [0.717, 1.165) is 41.9 Å². The standard InChI is InChI=1S/C71H101N13O25/c1-40-46(11-13-59(89)90)51-26-52-47(12-14-60(91)92)41(2)49(75-52)27-55-43(4)70(45(6)86)56(28-50-42(3)69(44(5)85)53(76-50)25-48(40)74-51)84(55)16-10-8-7-9-15-72-71(109)54(77-58(88)31-81(35-64(99)100)22-18-79(33-62(95)96)20-24-83(38-67(105)106)39-68(107)108)29-73-57(87)30-80(34-63(97)98)21-17-78(32-61(93)94)19-23-82(36-65(101)102)37-66(103)104/h25-28,44-45,54,74-76,85-86H,7-24,29-39H2,1-6H3,(H,72,109)(H,73,87)(H,77,88)(H,89,90)(H,91,92)(H,93,94)(H,95,96)(H,97,98)(H,99,100)(H,101,102)(H,103,104)(H,105,106)(H,107,108). The summed E-state index contributed by atoms with van der Waals surface area (Å²) in [5.41, 5.74) is 8.14. The third-order valence-electron chi connectivity index (χ3n) is 18.4. The molecule has 0 radical (unpaired) electrons. The molecule has 3 amide bonds. The summed E-state index contributed by atoms with van der Waals surface area (Å²) in [6.45, 7) is 1.38. The molecule has 3 atom stereocenters. The molecule has 0 saturated heterocycles. The second-order valence-electron chi connectivity index (χ2n) is 27.0. The van der Waals surface area contributed by atoms with Gasteiger partial charge in [-0.05, 0) is 125 Å². The number of hydrogen-bond donors (Lipinski definition) is 18. The minimum absolute atomic E-state index is 0.00679. The summed E-state index contributed by atoms with van der Waals surface area (Å²) in [4.78, 5) is 177. The number of H-pyrrole nitrogens is 3. The van der Waals surface area contributed by atoms with Gasteiger partial charge in [-0.1, -0.05) is 12.8 Å². The third kappa shape index (κ3) is 29.1. The lowest BCUT2D eigenvalue weighted by Gasteiger charge is -2.28. The highest BCUT2D eigenvalue weighted by atomic mass is 16.4. The van der Waals surface area contributed by atoms with E-state index >= 15 is 0 Å². The zero-order chi connectivity index (χ0) is 81.1. The Morgan fingerprint density at radius 2 is 0.780 bits per heavy atom. The number of carboxylic acid groups (broad SMARTS) is 10. The Bertz CT molecular complexity index is 4190. The average Bonchev–Trinajstić information content (AvgIpc) is 1.60. The molecule has 1 aliphatic rings. The lowest BCUT2D eigenvalue weighted by molar-refractivity contribution is -0.144. The minimum atomic E-state index is -1.61. The normalized spacial score (nSPS) is 12.8. The van der Waals surface area contributed by atoms with Crippen LogP contribution in [0.4, 0.5) is 0 Å². The number of carbonyl (C=O) groups excluding carboxylic acids is 3. The highest BCUT2D eigenvalue weighted by Gasteiger charge is 2.29. The molecule has 18 N–H and O–H groups in total. The van der Waals surface area contributed by atoms with Gasteiger partial charge >= 0.3 is 59.7 Å². The van der Waals surface area contributed by atoms with Crippen molar-refractivity contribution in [1.29, 1.82) is 0 Å². The van der Waals surface area contributed by atoms with Gasteiger partial charge in [0.15, 0.2) is 0 Å². The smallest absolute Gasteiger partial charge is 0.317 e. The molecule has 0 aliphatic carbocycles. The van der Waals surface area contributed by atoms with Gasteiger partial charge in [-0.3, -0.25) is 91.7 Å². The number of aromatic nitrogens is 4. The number of rotatable bonds is 51.